The van der Waals surface area contributed by atoms with Crippen LogP contribution in [-0.2, 0) is 9.59 Å². The molecule has 1 aliphatic heterocycles. The van der Waals surface area contributed by atoms with Crippen LogP contribution in [0.2, 0.25) is 0 Å². The number of anilines is 1. The highest BCUT2D eigenvalue weighted by Crippen LogP contribution is 2.17. The number of carbonyl (C=O) groups excluding carboxylic acids is 2. The van der Waals surface area contributed by atoms with Crippen LogP contribution in [0, 0.1) is 0 Å². The molecular formula is C16H27N5O2. The molecule has 1 aromatic heterocycles. The first-order valence-corrected chi connectivity index (χ1v) is 8.24. The number of amides is 2. The molecule has 7 nitrogen and oxygen atoms in total. The highest BCUT2D eigenvalue weighted by Gasteiger charge is 2.28. The molecule has 23 heavy (non-hydrogen) atoms. The molecule has 2 heterocycles. The zero-order chi connectivity index (χ0) is 17.0. The second-order valence-electron chi connectivity index (χ2n) is 6.45. The van der Waals surface area contributed by atoms with E-state index in [-0.39, 0.29) is 29.9 Å². The summed E-state index contributed by atoms with van der Waals surface area (Å²) in [5.41, 5.74) is 0. The molecule has 128 valence electrons. The van der Waals surface area contributed by atoms with E-state index in [2.05, 4.69) is 20.6 Å². The predicted molar refractivity (Wildman–Crippen MR) is 89.1 cm³/mol. The summed E-state index contributed by atoms with van der Waals surface area (Å²) >= 11 is 0. The molecular weight excluding hydrogens is 294 g/mol. The predicted octanol–water partition coefficient (Wildman–Crippen LogP) is 1.39. The van der Waals surface area contributed by atoms with Gasteiger partial charge in [0.2, 0.25) is 11.8 Å². The van der Waals surface area contributed by atoms with E-state index < -0.39 is 0 Å². The maximum atomic E-state index is 12.5. The summed E-state index contributed by atoms with van der Waals surface area (Å²) in [6.45, 7) is 9.05. The number of hydrogen-bond acceptors (Lipinski definition) is 4. The van der Waals surface area contributed by atoms with E-state index in [1.54, 1.807) is 16.9 Å². The molecule has 1 saturated heterocycles. The van der Waals surface area contributed by atoms with E-state index in [4.69, 9.17) is 0 Å². The zero-order valence-electron chi connectivity index (χ0n) is 14.4. The van der Waals surface area contributed by atoms with Gasteiger partial charge in [0.05, 0.1) is 12.2 Å². The molecule has 1 aromatic rings. The molecule has 0 aromatic carbocycles. The number of aromatic nitrogens is 2. The third-order valence-electron chi connectivity index (χ3n) is 4.20. The van der Waals surface area contributed by atoms with Crippen molar-refractivity contribution in [2.45, 2.75) is 58.7 Å². The summed E-state index contributed by atoms with van der Waals surface area (Å²) in [4.78, 5) is 25.9. The fraction of sp³-hybridized carbons (Fsp3) is 0.688. The first kappa shape index (κ1) is 17.5. The smallest absolute Gasteiger partial charge is 0.242 e. The number of hydrogen-bond donors (Lipinski definition) is 2. The highest BCUT2D eigenvalue weighted by molar-refractivity contribution is 5.93. The van der Waals surface area contributed by atoms with Crippen molar-refractivity contribution in [2.75, 3.05) is 18.4 Å². The van der Waals surface area contributed by atoms with Gasteiger partial charge in [-0.25, -0.2) is 4.68 Å². The largest absolute Gasteiger partial charge is 0.352 e. The van der Waals surface area contributed by atoms with Crippen LogP contribution < -0.4 is 10.6 Å². The standard InChI is InChI=1S/C16H27N5O2/c1-11(2)21-15(7-8-17-21)19-16(23)12(3)20-9-5-6-14(10-20)18-13(4)22/h7-8,11-12,14H,5-6,9-10H2,1-4H3,(H,18,22)(H,19,23). The van der Waals surface area contributed by atoms with E-state index in [0.717, 1.165) is 19.4 Å². The van der Waals surface area contributed by atoms with Crippen molar-refractivity contribution in [2.24, 2.45) is 0 Å². The molecule has 2 amide bonds. The Labute approximate surface area is 137 Å². The number of likely N-dealkylation sites (tertiary alicyclic amines) is 1. The third kappa shape index (κ3) is 4.54. The lowest BCUT2D eigenvalue weighted by atomic mass is 10.0. The van der Waals surface area contributed by atoms with Gasteiger partial charge in [-0.1, -0.05) is 0 Å². The fourth-order valence-electron chi connectivity index (χ4n) is 2.98. The van der Waals surface area contributed by atoms with Crippen LogP contribution in [0.3, 0.4) is 0 Å². The molecule has 2 unspecified atom stereocenters. The first-order valence-electron chi connectivity index (χ1n) is 8.24. The number of rotatable bonds is 5. The fourth-order valence-corrected chi connectivity index (χ4v) is 2.98. The van der Waals surface area contributed by atoms with Gasteiger partial charge in [0, 0.05) is 31.6 Å². The number of carbonyl (C=O) groups is 2. The average Bonchev–Trinajstić information content (AvgIpc) is 2.94. The quantitative estimate of drug-likeness (QED) is 0.859. The number of nitrogens with one attached hydrogen (secondary N) is 2. The van der Waals surface area contributed by atoms with Crippen LogP contribution in [0.5, 0.6) is 0 Å². The first-order chi connectivity index (χ1) is 10.9. The Morgan fingerprint density at radius 2 is 2.09 bits per heavy atom. The van der Waals surface area contributed by atoms with Crippen molar-refractivity contribution in [1.82, 2.24) is 20.0 Å². The van der Waals surface area contributed by atoms with Gasteiger partial charge < -0.3 is 10.6 Å². The third-order valence-corrected chi connectivity index (χ3v) is 4.20. The summed E-state index contributed by atoms with van der Waals surface area (Å²) in [5.74, 6) is 0.651. The number of nitrogens with zero attached hydrogens (tertiary/aromatic N) is 3. The minimum atomic E-state index is -0.248. The summed E-state index contributed by atoms with van der Waals surface area (Å²) in [5, 5.41) is 10.1. The summed E-state index contributed by atoms with van der Waals surface area (Å²) < 4.78 is 1.79. The van der Waals surface area contributed by atoms with Crippen molar-refractivity contribution in [3.05, 3.63) is 12.3 Å². The van der Waals surface area contributed by atoms with Gasteiger partial charge in [-0.15, -0.1) is 0 Å². The zero-order valence-corrected chi connectivity index (χ0v) is 14.4. The van der Waals surface area contributed by atoms with Gasteiger partial charge in [0.15, 0.2) is 0 Å². The Balaban J connectivity index is 1.96. The lowest BCUT2D eigenvalue weighted by Gasteiger charge is -2.36. The molecule has 0 spiro atoms. The molecule has 2 rings (SSSR count). The maximum Gasteiger partial charge on any atom is 0.242 e. The molecule has 2 N–H and O–H groups in total. The lowest BCUT2D eigenvalue weighted by Crippen LogP contribution is -2.52. The van der Waals surface area contributed by atoms with Crippen molar-refractivity contribution >= 4 is 17.6 Å². The van der Waals surface area contributed by atoms with Crippen molar-refractivity contribution in [1.29, 1.82) is 0 Å². The van der Waals surface area contributed by atoms with E-state index in [9.17, 15) is 9.59 Å². The average molecular weight is 321 g/mol. The summed E-state index contributed by atoms with van der Waals surface area (Å²) in [7, 11) is 0. The van der Waals surface area contributed by atoms with Gasteiger partial charge in [0.1, 0.15) is 5.82 Å². The Morgan fingerprint density at radius 1 is 1.35 bits per heavy atom. The van der Waals surface area contributed by atoms with Gasteiger partial charge in [-0.05, 0) is 40.2 Å². The van der Waals surface area contributed by atoms with E-state index in [1.165, 1.54) is 6.92 Å². The molecule has 0 aliphatic carbocycles. The van der Waals surface area contributed by atoms with Crippen LogP contribution in [-0.4, -0.2) is 51.7 Å². The molecule has 7 heteroatoms. The normalized spacial score (nSPS) is 20.3. The topological polar surface area (TPSA) is 79.3 Å². The maximum absolute atomic E-state index is 12.5. The van der Waals surface area contributed by atoms with Gasteiger partial charge in [-0.2, -0.15) is 5.10 Å². The Bertz CT molecular complexity index is 554. The Hall–Kier alpha value is -1.89. The second-order valence-corrected chi connectivity index (χ2v) is 6.45. The molecule has 0 radical (unpaired) electrons. The van der Waals surface area contributed by atoms with Crippen LogP contribution >= 0.6 is 0 Å². The van der Waals surface area contributed by atoms with Gasteiger partial charge in [-0.3, -0.25) is 14.5 Å². The number of piperidine rings is 1. The van der Waals surface area contributed by atoms with Crippen molar-refractivity contribution in [3.63, 3.8) is 0 Å². The highest BCUT2D eigenvalue weighted by atomic mass is 16.2. The SMILES string of the molecule is CC(=O)NC1CCCN(C(C)C(=O)Nc2ccnn2C(C)C)C1. The summed E-state index contributed by atoms with van der Waals surface area (Å²) in [6, 6.07) is 1.87. The van der Waals surface area contributed by atoms with Crippen LogP contribution in [0.25, 0.3) is 0 Å². The molecule has 0 bridgehead atoms. The Morgan fingerprint density at radius 3 is 2.74 bits per heavy atom. The van der Waals surface area contributed by atoms with Crippen LogP contribution in [0.15, 0.2) is 12.3 Å². The molecule has 1 aliphatic rings. The molecule has 0 saturated carbocycles. The Kier molecular flexibility index (Phi) is 5.76. The minimum Gasteiger partial charge on any atom is -0.352 e. The van der Waals surface area contributed by atoms with Crippen LogP contribution in [0.1, 0.15) is 46.6 Å². The summed E-state index contributed by atoms with van der Waals surface area (Å²) in [6.07, 6.45) is 3.63. The second kappa shape index (κ2) is 7.59. The monoisotopic (exact) mass is 321 g/mol. The van der Waals surface area contributed by atoms with E-state index in [0.29, 0.717) is 12.4 Å². The van der Waals surface area contributed by atoms with Crippen molar-refractivity contribution < 1.29 is 9.59 Å². The van der Waals surface area contributed by atoms with Gasteiger partial charge >= 0.3 is 0 Å². The van der Waals surface area contributed by atoms with Gasteiger partial charge in [0.25, 0.3) is 0 Å². The van der Waals surface area contributed by atoms with Crippen LogP contribution in [0.4, 0.5) is 5.82 Å². The van der Waals surface area contributed by atoms with Crippen molar-refractivity contribution in [3.8, 4) is 0 Å². The van der Waals surface area contributed by atoms with E-state index >= 15 is 0 Å². The lowest BCUT2D eigenvalue weighted by molar-refractivity contribution is -0.121. The molecule has 2 atom stereocenters. The van der Waals surface area contributed by atoms with E-state index in [1.807, 2.05) is 20.8 Å². The molecule has 1 fully saturated rings. The minimum absolute atomic E-state index is 0.0187.